The molecule has 1 atom stereocenters. The van der Waals surface area contributed by atoms with Crippen molar-refractivity contribution in [3.05, 3.63) is 33.7 Å². The van der Waals surface area contributed by atoms with Crippen molar-refractivity contribution in [2.45, 2.75) is 32.7 Å². The second-order valence-electron chi connectivity index (χ2n) is 7.60. The molecule has 6 heteroatoms. The van der Waals surface area contributed by atoms with E-state index < -0.39 is 0 Å². The van der Waals surface area contributed by atoms with Gasteiger partial charge in [-0.1, -0.05) is 0 Å². The molecular formula is C19H30N4O2. The predicted molar refractivity (Wildman–Crippen MR) is 99.0 cm³/mol. The maximum absolute atomic E-state index is 12.6. The molecule has 138 valence electrons. The Balaban J connectivity index is 1.56. The molecule has 0 aliphatic carbocycles. The maximum Gasteiger partial charge on any atom is 0.259 e. The van der Waals surface area contributed by atoms with E-state index in [0.717, 1.165) is 57.8 Å². The molecule has 3 heterocycles. The number of piperidine rings is 1. The maximum atomic E-state index is 12.6. The van der Waals surface area contributed by atoms with Gasteiger partial charge in [0.05, 0.1) is 0 Å². The molecule has 2 aliphatic rings. The number of aromatic nitrogens is 1. The highest BCUT2D eigenvalue weighted by molar-refractivity contribution is 5.93. The molecule has 3 rings (SSSR count). The molecule has 25 heavy (non-hydrogen) atoms. The summed E-state index contributed by atoms with van der Waals surface area (Å²) in [7, 11) is 2.18. The Morgan fingerprint density at radius 2 is 1.80 bits per heavy atom. The van der Waals surface area contributed by atoms with Crippen molar-refractivity contribution >= 4 is 5.91 Å². The molecule has 2 fully saturated rings. The van der Waals surface area contributed by atoms with Gasteiger partial charge in [0.25, 0.3) is 5.91 Å². The van der Waals surface area contributed by atoms with Gasteiger partial charge in [-0.25, -0.2) is 0 Å². The number of carbonyl (C=O) groups excluding carboxylic acids is 1. The van der Waals surface area contributed by atoms with Gasteiger partial charge in [-0.05, 0) is 39.7 Å². The quantitative estimate of drug-likeness (QED) is 0.893. The zero-order valence-electron chi connectivity index (χ0n) is 15.6. The second kappa shape index (κ2) is 7.70. The van der Waals surface area contributed by atoms with Crippen molar-refractivity contribution in [2.75, 3.05) is 46.3 Å². The third-order valence-corrected chi connectivity index (χ3v) is 5.91. The van der Waals surface area contributed by atoms with Gasteiger partial charge < -0.3 is 14.8 Å². The summed E-state index contributed by atoms with van der Waals surface area (Å²) in [6, 6.07) is 2.06. The fourth-order valence-electron chi connectivity index (χ4n) is 4.02. The molecule has 1 aromatic rings. The van der Waals surface area contributed by atoms with Crippen LogP contribution >= 0.6 is 0 Å². The Bertz CT molecular complexity index is 656. The summed E-state index contributed by atoms with van der Waals surface area (Å²) in [6.07, 6.45) is 3.59. The SMILES string of the molecule is Cc1cc(=O)c(C(=O)N2CCC([C@H](C)N3CCN(C)CC3)CC2)c[nH]1. The van der Waals surface area contributed by atoms with Crippen LogP contribution in [-0.4, -0.2) is 77.9 Å². The van der Waals surface area contributed by atoms with E-state index in [1.807, 2.05) is 11.8 Å². The van der Waals surface area contributed by atoms with Gasteiger partial charge in [-0.3, -0.25) is 14.5 Å². The molecule has 2 aliphatic heterocycles. The molecule has 2 saturated heterocycles. The monoisotopic (exact) mass is 346 g/mol. The third kappa shape index (κ3) is 4.12. The summed E-state index contributed by atoms with van der Waals surface area (Å²) < 4.78 is 0. The minimum Gasteiger partial charge on any atom is -0.364 e. The average molecular weight is 346 g/mol. The zero-order valence-corrected chi connectivity index (χ0v) is 15.6. The van der Waals surface area contributed by atoms with Gasteiger partial charge in [0, 0.05) is 63.3 Å². The van der Waals surface area contributed by atoms with Crippen LogP contribution in [0, 0.1) is 12.8 Å². The topological polar surface area (TPSA) is 59.7 Å². The Kier molecular flexibility index (Phi) is 5.59. The van der Waals surface area contributed by atoms with Crippen LogP contribution < -0.4 is 5.43 Å². The minimum atomic E-state index is -0.186. The van der Waals surface area contributed by atoms with Gasteiger partial charge in [-0.2, -0.15) is 0 Å². The molecule has 0 saturated carbocycles. The Labute approximate surface area is 149 Å². The number of nitrogens with zero attached hydrogens (tertiary/aromatic N) is 3. The first kappa shape index (κ1) is 18.1. The lowest BCUT2D eigenvalue weighted by atomic mass is 9.89. The first-order valence-electron chi connectivity index (χ1n) is 9.37. The zero-order chi connectivity index (χ0) is 18.0. The van der Waals surface area contributed by atoms with Crippen LogP contribution in [0.4, 0.5) is 0 Å². The van der Waals surface area contributed by atoms with Crippen molar-refractivity contribution in [2.24, 2.45) is 5.92 Å². The van der Waals surface area contributed by atoms with Crippen molar-refractivity contribution < 1.29 is 4.79 Å². The molecule has 0 radical (unpaired) electrons. The van der Waals surface area contributed by atoms with Crippen molar-refractivity contribution in [1.82, 2.24) is 19.7 Å². The van der Waals surface area contributed by atoms with E-state index in [9.17, 15) is 9.59 Å². The number of amides is 1. The number of likely N-dealkylation sites (tertiary alicyclic amines) is 1. The molecule has 0 aromatic carbocycles. The predicted octanol–water partition coefficient (Wildman–Crippen LogP) is 1.17. The van der Waals surface area contributed by atoms with Crippen molar-refractivity contribution in [3.63, 3.8) is 0 Å². The number of pyridine rings is 1. The first-order chi connectivity index (χ1) is 12.0. The Hall–Kier alpha value is -1.66. The lowest BCUT2D eigenvalue weighted by Gasteiger charge is -2.42. The van der Waals surface area contributed by atoms with E-state index in [0.29, 0.717) is 12.0 Å². The summed E-state index contributed by atoms with van der Waals surface area (Å²) >= 11 is 0. The fourth-order valence-corrected chi connectivity index (χ4v) is 4.02. The number of hydrogen-bond donors (Lipinski definition) is 1. The summed E-state index contributed by atoms with van der Waals surface area (Å²) in [4.78, 5) is 34.5. The third-order valence-electron chi connectivity index (χ3n) is 5.91. The van der Waals surface area contributed by atoms with E-state index in [4.69, 9.17) is 0 Å². The van der Waals surface area contributed by atoms with Gasteiger partial charge in [-0.15, -0.1) is 0 Å². The van der Waals surface area contributed by atoms with Crippen LogP contribution in [0.2, 0.25) is 0 Å². The Morgan fingerprint density at radius 3 is 2.40 bits per heavy atom. The van der Waals surface area contributed by atoms with Crippen LogP contribution in [0.1, 0.15) is 35.8 Å². The highest BCUT2D eigenvalue weighted by atomic mass is 16.2. The van der Waals surface area contributed by atoms with E-state index in [-0.39, 0.29) is 16.9 Å². The fraction of sp³-hybridized carbons (Fsp3) is 0.684. The van der Waals surface area contributed by atoms with E-state index in [1.54, 1.807) is 6.20 Å². The molecule has 6 nitrogen and oxygen atoms in total. The standard InChI is InChI=1S/C19H30N4O2/c1-14-12-18(24)17(13-20-14)19(25)23-6-4-16(5-7-23)15(2)22-10-8-21(3)9-11-22/h12-13,15-16H,4-11H2,1-3H3,(H,20,24)/t15-/m0/s1. The molecule has 0 spiro atoms. The number of hydrogen-bond acceptors (Lipinski definition) is 4. The number of carbonyl (C=O) groups is 1. The van der Waals surface area contributed by atoms with E-state index in [1.165, 1.54) is 6.07 Å². The lowest BCUT2D eigenvalue weighted by molar-refractivity contribution is 0.0499. The molecule has 1 N–H and O–H groups in total. The first-order valence-corrected chi connectivity index (χ1v) is 9.37. The number of aryl methyl sites for hydroxylation is 1. The van der Waals surface area contributed by atoms with Crippen LogP contribution in [0.25, 0.3) is 0 Å². The van der Waals surface area contributed by atoms with Gasteiger partial charge >= 0.3 is 0 Å². The largest absolute Gasteiger partial charge is 0.364 e. The van der Waals surface area contributed by atoms with Crippen LogP contribution in [-0.2, 0) is 0 Å². The molecule has 0 bridgehead atoms. The van der Waals surface area contributed by atoms with Gasteiger partial charge in [0.2, 0.25) is 0 Å². The summed E-state index contributed by atoms with van der Waals surface area (Å²) in [5.74, 6) is 0.496. The minimum absolute atomic E-state index is 0.132. The van der Waals surface area contributed by atoms with E-state index in [2.05, 4.69) is 28.8 Å². The number of nitrogens with one attached hydrogen (secondary N) is 1. The lowest BCUT2D eigenvalue weighted by Crippen LogP contribution is -2.52. The Morgan fingerprint density at radius 1 is 1.16 bits per heavy atom. The van der Waals surface area contributed by atoms with Gasteiger partial charge in [0.15, 0.2) is 5.43 Å². The molecule has 1 amide bonds. The van der Waals surface area contributed by atoms with Gasteiger partial charge in [0.1, 0.15) is 5.56 Å². The van der Waals surface area contributed by atoms with Crippen molar-refractivity contribution in [1.29, 1.82) is 0 Å². The van der Waals surface area contributed by atoms with E-state index >= 15 is 0 Å². The number of piperazine rings is 1. The highest BCUT2D eigenvalue weighted by Gasteiger charge is 2.31. The van der Waals surface area contributed by atoms with Crippen LogP contribution in [0.3, 0.4) is 0 Å². The molecule has 0 unspecified atom stereocenters. The molecule has 1 aromatic heterocycles. The molecular weight excluding hydrogens is 316 g/mol. The van der Waals surface area contributed by atoms with Crippen molar-refractivity contribution in [3.8, 4) is 0 Å². The number of rotatable bonds is 3. The van der Waals surface area contributed by atoms with Crippen LogP contribution in [0.5, 0.6) is 0 Å². The summed E-state index contributed by atoms with van der Waals surface area (Å²) in [5, 5.41) is 0. The average Bonchev–Trinajstić information content (AvgIpc) is 2.61. The highest BCUT2D eigenvalue weighted by Crippen LogP contribution is 2.25. The number of likely N-dealkylation sites (N-methyl/N-ethyl adjacent to an activating group) is 1. The van der Waals surface area contributed by atoms with Crippen LogP contribution in [0.15, 0.2) is 17.1 Å². The summed E-state index contributed by atoms with van der Waals surface area (Å²) in [5.41, 5.74) is 0.853. The summed E-state index contributed by atoms with van der Waals surface area (Å²) in [6.45, 7) is 10.2. The second-order valence-corrected chi connectivity index (χ2v) is 7.60. The number of H-pyrrole nitrogens is 1. The smallest absolute Gasteiger partial charge is 0.259 e. The normalized spacial score (nSPS) is 22.1. The number of aromatic amines is 1.